The van der Waals surface area contributed by atoms with E-state index in [1.807, 2.05) is 7.05 Å². The van der Waals surface area contributed by atoms with Gasteiger partial charge in [-0.25, -0.2) is 4.98 Å². The van der Waals surface area contributed by atoms with E-state index in [1.54, 1.807) is 11.3 Å². The van der Waals surface area contributed by atoms with E-state index in [9.17, 15) is 0 Å². The maximum atomic E-state index is 6.12. The van der Waals surface area contributed by atoms with Gasteiger partial charge in [-0.2, -0.15) is 0 Å². The quantitative estimate of drug-likeness (QED) is 0.411. The molecule has 1 fully saturated rings. The van der Waals surface area contributed by atoms with E-state index >= 15 is 0 Å². The Morgan fingerprint density at radius 2 is 1.55 bits per heavy atom. The lowest BCUT2D eigenvalue weighted by Crippen LogP contribution is -2.30. The number of allylic oxidation sites excluding steroid dienone is 2. The Morgan fingerprint density at radius 3 is 2.09 bits per heavy atom. The number of rotatable bonds is 5. The van der Waals surface area contributed by atoms with Crippen molar-refractivity contribution >= 4 is 22.3 Å². The summed E-state index contributed by atoms with van der Waals surface area (Å²) in [7, 11) is 1.88. The summed E-state index contributed by atoms with van der Waals surface area (Å²) in [6.07, 6.45) is 8.05. The number of anilines is 2. The SMILES string of the molecule is CNc1nc(N)c(Cc2ccc(C3(c4cc5c(cc4C)C(C)(C)C=CC5(C)C)CC3)cc2)s1. The number of thiazole rings is 1. The summed E-state index contributed by atoms with van der Waals surface area (Å²) in [5, 5.41) is 3.97. The first-order chi connectivity index (χ1) is 15.6. The number of nitrogens with one attached hydrogen (secondary N) is 1. The first-order valence-electron chi connectivity index (χ1n) is 11.9. The Labute approximate surface area is 202 Å². The van der Waals surface area contributed by atoms with Crippen LogP contribution in [0.4, 0.5) is 10.9 Å². The Hall–Kier alpha value is -2.59. The fraction of sp³-hybridized carbons (Fsp3) is 0.414. The molecule has 3 aromatic rings. The summed E-state index contributed by atoms with van der Waals surface area (Å²) >= 11 is 1.64. The van der Waals surface area contributed by atoms with Crippen LogP contribution >= 0.6 is 11.3 Å². The molecule has 0 bridgehead atoms. The van der Waals surface area contributed by atoms with Gasteiger partial charge in [0.15, 0.2) is 5.13 Å². The van der Waals surface area contributed by atoms with Crippen molar-refractivity contribution in [2.75, 3.05) is 18.1 Å². The molecule has 2 aliphatic carbocycles. The first kappa shape index (κ1) is 22.2. The average molecular weight is 458 g/mol. The highest BCUT2D eigenvalue weighted by Gasteiger charge is 2.47. The van der Waals surface area contributed by atoms with Crippen LogP contribution in [0, 0.1) is 6.92 Å². The molecular formula is C29H35N3S. The number of aromatic nitrogens is 1. The predicted octanol–water partition coefficient (Wildman–Crippen LogP) is 6.87. The van der Waals surface area contributed by atoms with Crippen molar-refractivity contribution < 1.29 is 0 Å². The summed E-state index contributed by atoms with van der Waals surface area (Å²) in [5.41, 5.74) is 15.0. The lowest BCUT2D eigenvalue weighted by atomic mass is 9.66. The van der Waals surface area contributed by atoms with Gasteiger partial charge in [-0.15, -0.1) is 0 Å². The third kappa shape index (κ3) is 3.69. The van der Waals surface area contributed by atoms with Gasteiger partial charge in [0.2, 0.25) is 0 Å². The molecule has 0 aliphatic heterocycles. The average Bonchev–Trinajstić information content (AvgIpc) is 3.50. The Bertz CT molecular complexity index is 1240. The van der Waals surface area contributed by atoms with Crippen molar-refractivity contribution in [2.45, 2.75) is 70.1 Å². The number of hydrogen-bond donors (Lipinski definition) is 2. The minimum atomic E-state index is 0.0636. The fourth-order valence-corrected chi connectivity index (χ4v) is 6.32. The van der Waals surface area contributed by atoms with Gasteiger partial charge in [0.1, 0.15) is 5.82 Å². The Morgan fingerprint density at radius 1 is 0.939 bits per heavy atom. The van der Waals surface area contributed by atoms with Crippen LogP contribution in [0.15, 0.2) is 48.6 Å². The molecule has 0 radical (unpaired) electrons. The molecule has 5 rings (SSSR count). The van der Waals surface area contributed by atoms with Crippen LogP contribution in [-0.2, 0) is 22.7 Å². The normalized spacial score (nSPS) is 19.2. The predicted molar refractivity (Wildman–Crippen MR) is 142 cm³/mol. The Balaban J connectivity index is 1.48. The molecule has 172 valence electrons. The number of hydrogen-bond acceptors (Lipinski definition) is 4. The van der Waals surface area contributed by atoms with Gasteiger partial charge in [-0.1, -0.05) is 87.6 Å². The molecule has 0 amide bonds. The number of benzene rings is 2. The summed E-state index contributed by atoms with van der Waals surface area (Å²) in [5.74, 6) is 0.636. The monoisotopic (exact) mass is 457 g/mol. The Kier molecular flexibility index (Phi) is 5.02. The molecule has 4 heteroatoms. The zero-order chi connectivity index (χ0) is 23.6. The second kappa shape index (κ2) is 7.46. The zero-order valence-corrected chi connectivity index (χ0v) is 21.5. The van der Waals surface area contributed by atoms with E-state index in [1.165, 1.54) is 46.2 Å². The van der Waals surface area contributed by atoms with Gasteiger partial charge >= 0.3 is 0 Å². The summed E-state index contributed by atoms with van der Waals surface area (Å²) in [6.45, 7) is 11.7. The number of nitrogen functional groups attached to an aromatic ring is 1. The topological polar surface area (TPSA) is 50.9 Å². The highest BCUT2D eigenvalue weighted by Crippen LogP contribution is 2.56. The van der Waals surface area contributed by atoms with E-state index in [-0.39, 0.29) is 16.2 Å². The highest BCUT2D eigenvalue weighted by atomic mass is 32.1. The number of aryl methyl sites for hydroxylation is 1. The molecule has 0 atom stereocenters. The van der Waals surface area contributed by atoms with E-state index in [2.05, 4.69) is 93.5 Å². The van der Waals surface area contributed by atoms with Gasteiger partial charge in [0, 0.05) is 29.7 Å². The van der Waals surface area contributed by atoms with Crippen LogP contribution in [-0.4, -0.2) is 12.0 Å². The largest absolute Gasteiger partial charge is 0.383 e. The van der Waals surface area contributed by atoms with Crippen LogP contribution in [0.5, 0.6) is 0 Å². The lowest BCUT2D eigenvalue weighted by Gasteiger charge is -2.38. The second-order valence-electron chi connectivity index (χ2n) is 11.0. The standard InChI is InChI=1S/C29H35N3S/c1-18-15-22-23(28(4,5)12-11-27(22,2)3)17-21(18)29(13-14-29)20-9-7-19(8-10-20)16-24-25(30)32-26(31-6)33-24/h7-12,15,17H,13-14,16,30H2,1-6H3,(H,31,32). The molecule has 33 heavy (non-hydrogen) atoms. The van der Waals surface area contributed by atoms with E-state index in [0.29, 0.717) is 5.82 Å². The summed E-state index contributed by atoms with van der Waals surface area (Å²) < 4.78 is 0. The lowest BCUT2D eigenvalue weighted by molar-refractivity contribution is 0.560. The molecule has 2 aromatic carbocycles. The van der Waals surface area contributed by atoms with Crippen molar-refractivity contribution in [3.8, 4) is 0 Å². The van der Waals surface area contributed by atoms with Crippen LogP contribution in [0.3, 0.4) is 0 Å². The third-order valence-corrected chi connectivity index (χ3v) is 8.84. The van der Waals surface area contributed by atoms with Gasteiger partial charge in [0.25, 0.3) is 0 Å². The minimum Gasteiger partial charge on any atom is -0.383 e. The van der Waals surface area contributed by atoms with Crippen LogP contribution in [0.1, 0.15) is 78.8 Å². The molecule has 0 spiro atoms. The zero-order valence-electron chi connectivity index (χ0n) is 20.7. The van der Waals surface area contributed by atoms with Crippen LogP contribution < -0.4 is 11.1 Å². The van der Waals surface area contributed by atoms with Crippen LogP contribution in [0.25, 0.3) is 0 Å². The highest BCUT2D eigenvalue weighted by molar-refractivity contribution is 7.16. The van der Waals surface area contributed by atoms with Crippen molar-refractivity contribution in [2.24, 2.45) is 0 Å². The van der Waals surface area contributed by atoms with E-state index in [0.717, 1.165) is 16.4 Å². The number of nitrogens with two attached hydrogens (primary N) is 1. The molecule has 0 unspecified atom stereocenters. The van der Waals surface area contributed by atoms with Gasteiger partial charge in [-0.05, 0) is 53.1 Å². The van der Waals surface area contributed by atoms with Crippen molar-refractivity contribution in [1.29, 1.82) is 0 Å². The molecule has 1 heterocycles. The number of nitrogens with zero attached hydrogens (tertiary/aromatic N) is 1. The molecule has 2 aliphatic rings. The second-order valence-corrected chi connectivity index (χ2v) is 12.1. The fourth-order valence-electron chi connectivity index (χ4n) is 5.45. The van der Waals surface area contributed by atoms with Gasteiger partial charge < -0.3 is 11.1 Å². The van der Waals surface area contributed by atoms with Gasteiger partial charge in [0.05, 0.1) is 4.88 Å². The van der Waals surface area contributed by atoms with E-state index in [4.69, 9.17) is 5.73 Å². The van der Waals surface area contributed by atoms with Crippen molar-refractivity contribution in [1.82, 2.24) is 4.98 Å². The minimum absolute atomic E-state index is 0.0636. The maximum Gasteiger partial charge on any atom is 0.184 e. The smallest absolute Gasteiger partial charge is 0.184 e. The third-order valence-electron chi connectivity index (χ3n) is 7.75. The number of fused-ring (bicyclic) bond motifs is 1. The molecule has 3 N–H and O–H groups in total. The van der Waals surface area contributed by atoms with Crippen LogP contribution in [0.2, 0.25) is 0 Å². The van der Waals surface area contributed by atoms with Gasteiger partial charge in [-0.3, -0.25) is 0 Å². The van der Waals surface area contributed by atoms with Crippen molar-refractivity contribution in [3.05, 3.63) is 86.8 Å². The summed E-state index contributed by atoms with van der Waals surface area (Å²) in [4.78, 5) is 5.50. The van der Waals surface area contributed by atoms with Crippen molar-refractivity contribution in [3.63, 3.8) is 0 Å². The maximum absolute atomic E-state index is 6.12. The first-order valence-corrected chi connectivity index (χ1v) is 12.8. The summed E-state index contributed by atoms with van der Waals surface area (Å²) in [6, 6.07) is 14.2. The van der Waals surface area contributed by atoms with E-state index < -0.39 is 0 Å². The molecule has 3 nitrogen and oxygen atoms in total. The molecule has 1 aromatic heterocycles. The molecule has 0 saturated heterocycles. The molecular weight excluding hydrogens is 422 g/mol. The molecule has 1 saturated carbocycles.